The molecule has 7 heteroatoms. The predicted octanol–water partition coefficient (Wildman–Crippen LogP) is 3.94. The zero-order chi connectivity index (χ0) is 17.6. The van der Waals surface area contributed by atoms with Crippen LogP contribution in [0.2, 0.25) is 0 Å². The van der Waals surface area contributed by atoms with Crippen LogP contribution in [0.4, 0.5) is 0 Å². The van der Waals surface area contributed by atoms with Crippen LogP contribution in [0.25, 0.3) is 10.6 Å². The van der Waals surface area contributed by atoms with Crippen LogP contribution in [0.3, 0.4) is 0 Å². The number of carbonyl (C=O) groups excluding carboxylic acids is 2. The molecule has 0 spiro atoms. The number of benzene rings is 1. The van der Waals surface area contributed by atoms with Crippen molar-refractivity contribution in [2.24, 2.45) is 0 Å². The third kappa shape index (κ3) is 3.95. The minimum Gasteiger partial charge on any atom is -0.465 e. The van der Waals surface area contributed by atoms with E-state index in [1.807, 2.05) is 30.3 Å². The minimum atomic E-state index is -0.579. The molecule has 2 aromatic heterocycles. The van der Waals surface area contributed by atoms with Gasteiger partial charge in [-0.05, 0) is 13.0 Å². The quantitative estimate of drug-likeness (QED) is 0.622. The van der Waals surface area contributed by atoms with Crippen molar-refractivity contribution in [3.63, 3.8) is 0 Å². The molecule has 6 nitrogen and oxygen atoms in total. The van der Waals surface area contributed by atoms with Gasteiger partial charge in [0.1, 0.15) is 10.6 Å². The Kier molecular flexibility index (Phi) is 5.25. The van der Waals surface area contributed by atoms with Crippen molar-refractivity contribution in [1.82, 2.24) is 4.98 Å². The topological polar surface area (TPSA) is 78.6 Å². The molecule has 0 aliphatic carbocycles. The second-order valence-electron chi connectivity index (χ2n) is 4.96. The summed E-state index contributed by atoms with van der Waals surface area (Å²) in [5, 5.41) is 2.37. The van der Waals surface area contributed by atoms with Gasteiger partial charge in [-0.15, -0.1) is 11.3 Å². The molecule has 0 atom stereocenters. The summed E-state index contributed by atoms with van der Waals surface area (Å²) in [4.78, 5) is 28.2. The molecule has 0 N–H and O–H groups in total. The molecule has 0 amide bonds. The predicted molar refractivity (Wildman–Crippen MR) is 91.3 cm³/mol. The number of hydrogen-bond acceptors (Lipinski definition) is 7. The largest absolute Gasteiger partial charge is 0.465 e. The van der Waals surface area contributed by atoms with Crippen molar-refractivity contribution in [1.29, 1.82) is 0 Å². The number of esters is 2. The van der Waals surface area contributed by atoms with E-state index in [2.05, 4.69) is 4.98 Å². The summed E-state index contributed by atoms with van der Waals surface area (Å²) >= 11 is 1.36. The molecular weight excluding hydrogens is 342 g/mol. The van der Waals surface area contributed by atoms with E-state index < -0.39 is 11.9 Å². The lowest BCUT2D eigenvalue weighted by molar-refractivity contribution is 0.0418. The second kappa shape index (κ2) is 7.76. The number of thiazole rings is 1. The zero-order valence-electron chi connectivity index (χ0n) is 13.4. The summed E-state index contributed by atoms with van der Waals surface area (Å²) in [6.07, 6.45) is 1.35. The lowest BCUT2D eigenvalue weighted by Gasteiger charge is -2.03. The van der Waals surface area contributed by atoms with Crippen molar-refractivity contribution in [2.75, 3.05) is 6.61 Å². The number of furan rings is 1. The van der Waals surface area contributed by atoms with Crippen molar-refractivity contribution < 1.29 is 23.5 Å². The fraction of sp³-hybridized carbons (Fsp3) is 0.167. The Bertz CT molecular complexity index is 868. The van der Waals surface area contributed by atoms with Gasteiger partial charge in [0.2, 0.25) is 0 Å². The molecule has 0 fully saturated rings. The van der Waals surface area contributed by atoms with Crippen molar-refractivity contribution in [3.8, 4) is 10.6 Å². The third-order valence-electron chi connectivity index (χ3n) is 3.31. The van der Waals surface area contributed by atoms with Gasteiger partial charge in [0.05, 0.1) is 12.9 Å². The van der Waals surface area contributed by atoms with Gasteiger partial charge < -0.3 is 13.9 Å². The average Bonchev–Trinajstić information content (AvgIpc) is 3.30. The first-order valence-electron chi connectivity index (χ1n) is 7.60. The average molecular weight is 357 g/mol. The maximum absolute atomic E-state index is 12.2. The van der Waals surface area contributed by atoms with Crippen molar-refractivity contribution in [2.45, 2.75) is 13.5 Å². The zero-order valence-corrected chi connectivity index (χ0v) is 14.2. The van der Waals surface area contributed by atoms with E-state index in [1.54, 1.807) is 12.3 Å². The molecule has 2 heterocycles. The molecule has 0 radical (unpaired) electrons. The lowest BCUT2D eigenvalue weighted by atomic mass is 10.2. The van der Waals surface area contributed by atoms with Gasteiger partial charge in [-0.1, -0.05) is 30.3 Å². The molecule has 1 aromatic carbocycles. The Morgan fingerprint density at radius 1 is 1.12 bits per heavy atom. The van der Waals surface area contributed by atoms with Crippen molar-refractivity contribution >= 4 is 23.3 Å². The van der Waals surface area contributed by atoms with E-state index in [9.17, 15) is 9.59 Å². The SMILES string of the molecule is CCOC(=O)c1ccoc1COC(=O)c1csc(-c2ccccc2)n1. The summed E-state index contributed by atoms with van der Waals surface area (Å²) in [6.45, 7) is 1.80. The summed E-state index contributed by atoms with van der Waals surface area (Å²) in [6, 6.07) is 11.0. The highest BCUT2D eigenvalue weighted by Crippen LogP contribution is 2.24. The van der Waals surface area contributed by atoms with Crippen LogP contribution >= 0.6 is 11.3 Å². The number of carbonyl (C=O) groups is 2. The van der Waals surface area contributed by atoms with E-state index in [4.69, 9.17) is 13.9 Å². The molecule has 0 aliphatic rings. The Labute approximate surface area is 148 Å². The fourth-order valence-electron chi connectivity index (χ4n) is 2.13. The van der Waals surface area contributed by atoms with E-state index in [1.165, 1.54) is 23.7 Å². The molecule has 0 aliphatic heterocycles. The monoisotopic (exact) mass is 357 g/mol. The highest BCUT2D eigenvalue weighted by atomic mass is 32.1. The normalized spacial score (nSPS) is 10.4. The summed E-state index contributed by atoms with van der Waals surface area (Å²) in [7, 11) is 0. The minimum absolute atomic E-state index is 0.168. The molecule has 128 valence electrons. The van der Waals surface area contributed by atoms with Crippen LogP contribution in [-0.2, 0) is 16.1 Å². The van der Waals surface area contributed by atoms with Gasteiger partial charge in [0.15, 0.2) is 18.1 Å². The number of ether oxygens (including phenoxy) is 2. The Hall–Kier alpha value is -2.93. The first kappa shape index (κ1) is 16.9. The van der Waals surface area contributed by atoms with Crippen LogP contribution in [0, 0.1) is 0 Å². The standard InChI is InChI=1S/C18H15NO5S/c1-2-22-17(20)13-8-9-23-15(13)10-24-18(21)14-11-25-16(19-14)12-6-4-3-5-7-12/h3-9,11H,2,10H2,1H3. The highest BCUT2D eigenvalue weighted by Gasteiger charge is 2.19. The molecule has 0 saturated heterocycles. The fourth-order valence-corrected chi connectivity index (χ4v) is 2.92. The van der Waals surface area contributed by atoms with Gasteiger partial charge in [-0.25, -0.2) is 14.6 Å². The number of aromatic nitrogens is 1. The van der Waals surface area contributed by atoms with E-state index in [0.29, 0.717) is 0 Å². The number of hydrogen-bond donors (Lipinski definition) is 0. The van der Waals surface area contributed by atoms with Crippen molar-refractivity contribution in [3.05, 3.63) is 65.1 Å². The number of nitrogens with zero attached hydrogens (tertiary/aromatic N) is 1. The van der Waals surface area contributed by atoms with E-state index in [-0.39, 0.29) is 30.2 Å². The molecule has 3 aromatic rings. The molecular formula is C18H15NO5S. The van der Waals surface area contributed by atoms with Gasteiger partial charge >= 0.3 is 11.9 Å². The van der Waals surface area contributed by atoms with Crippen LogP contribution < -0.4 is 0 Å². The first-order valence-corrected chi connectivity index (χ1v) is 8.48. The van der Waals surface area contributed by atoms with Crippen LogP contribution in [0.5, 0.6) is 0 Å². The van der Waals surface area contributed by atoms with Crippen LogP contribution in [0.1, 0.15) is 33.5 Å². The van der Waals surface area contributed by atoms with E-state index in [0.717, 1.165) is 10.6 Å². The lowest BCUT2D eigenvalue weighted by Crippen LogP contribution is -2.09. The Morgan fingerprint density at radius 3 is 2.68 bits per heavy atom. The molecule has 25 heavy (non-hydrogen) atoms. The second-order valence-corrected chi connectivity index (χ2v) is 5.82. The molecule has 3 rings (SSSR count). The third-order valence-corrected chi connectivity index (χ3v) is 4.20. The van der Waals surface area contributed by atoms with Gasteiger partial charge in [-0.2, -0.15) is 0 Å². The Morgan fingerprint density at radius 2 is 1.92 bits per heavy atom. The summed E-state index contributed by atoms with van der Waals surface area (Å²) in [5.41, 5.74) is 1.40. The molecule has 0 unspecified atom stereocenters. The van der Waals surface area contributed by atoms with Crippen LogP contribution in [-0.4, -0.2) is 23.5 Å². The summed E-state index contributed by atoms with van der Waals surface area (Å²) < 4.78 is 15.3. The highest BCUT2D eigenvalue weighted by molar-refractivity contribution is 7.13. The summed E-state index contributed by atoms with van der Waals surface area (Å²) in [5.74, 6) is -0.850. The van der Waals surface area contributed by atoms with E-state index >= 15 is 0 Å². The molecule has 0 saturated carbocycles. The smallest absolute Gasteiger partial charge is 0.358 e. The van der Waals surface area contributed by atoms with Gasteiger partial charge in [-0.3, -0.25) is 0 Å². The first-order chi connectivity index (χ1) is 12.2. The Balaban J connectivity index is 1.65. The van der Waals surface area contributed by atoms with Gasteiger partial charge in [0, 0.05) is 10.9 Å². The maximum atomic E-state index is 12.2. The number of rotatable bonds is 6. The van der Waals surface area contributed by atoms with Crippen LogP contribution in [0.15, 0.2) is 52.5 Å². The molecule has 0 bridgehead atoms. The maximum Gasteiger partial charge on any atom is 0.358 e. The van der Waals surface area contributed by atoms with Gasteiger partial charge in [0.25, 0.3) is 0 Å².